The van der Waals surface area contributed by atoms with Crippen LogP contribution in [0.2, 0.25) is 0 Å². The smallest absolute Gasteiger partial charge is 0.223 e. The number of piperidine rings is 1. The molecule has 1 fully saturated rings. The largest absolute Gasteiger partial charge is 0.497 e. The fraction of sp³-hybridized carbons (Fsp3) is 0.410. The monoisotopic (exact) mass is 608 g/mol. The molecule has 0 radical (unpaired) electrons. The number of likely N-dealkylation sites (tertiary alicyclic amines) is 1. The number of amides is 1. The lowest BCUT2D eigenvalue weighted by Crippen LogP contribution is -2.58. The third kappa shape index (κ3) is 6.81. The summed E-state index contributed by atoms with van der Waals surface area (Å²) >= 11 is 0. The Bertz CT molecular complexity index is 1530. The molecule has 0 bridgehead atoms. The van der Waals surface area contributed by atoms with Gasteiger partial charge < -0.3 is 19.1 Å². The van der Waals surface area contributed by atoms with E-state index in [0.29, 0.717) is 19.4 Å². The molecule has 0 aromatic heterocycles. The summed E-state index contributed by atoms with van der Waals surface area (Å²) in [5.41, 5.74) is 6.12. The van der Waals surface area contributed by atoms with Gasteiger partial charge in [0.2, 0.25) is 5.91 Å². The standard InChI is InChI=1S/C39H48N2O4/c1-8-29-20-32-14-15-36(42)41(27-30-12-10-9-11-13-30)39(28(2)25-38(3,4)37(32)35(23-29)45-7)16-18-40(19-17-39)26-31-21-33(43-5)24-34(22-31)44-6/h8-13,20-25H,1,14-19,26-27H2,2-7H3/b28-25+. The number of hydrogen-bond acceptors (Lipinski definition) is 5. The lowest BCUT2D eigenvalue weighted by atomic mass is 9.72. The minimum absolute atomic E-state index is 0.186. The molecule has 6 nitrogen and oxygen atoms in total. The molecule has 0 aliphatic carbocycles. The van der Waals surface area contributed by atoms with Crippen molar-refractivity contribution in [3.05, 3.63) is 107 Å². The number of fused-ring (bicyclic) bond motifs is 1. The molecule has 0 unspecified atom stereocenters. The summed E-state index contributed by atoms with van der Waals surface area (Å²) in [6.07, 6.45) is 7.04. The second-order valence-electron chi connectivity index (χ2n) is 13.0. The Balaban J connectivity index is 1.55. The van der Waals surface area contributed by atoms with Gasteiger partial charge in [0.1, 0.15) is 17.2 Å². The normalized spacial score (nSPS) is 19.3. The zero-order chi connectivity index (χ0) is 32.2. The molecular formula is C39H48N2O4. The summed E-state index contributed by atoms with van der Waals surface area (Å²) in [6, 6.07) is 20.7. The van der Waals surface area contributed by atoms with Crippen LogP contribution in [0, 0.1) is 0 Å². The van der Waals surface area contributed by atoms with E-state index in [2.05, 4.69) is 91.8 Å². The van der Waals surface area contributed by atoms with Crippen molar-refractivity contribution >= 4 is 12.0 Å². The van der Waals surface area contributed by atoms with Gasteiger partial charge >= 0.3 is 0 Å². The number of benzene rings is 3. The van der Waals surface area contributed by atoms with Gasteiger partial charge in [-0.05, 0) is 66.6 Å². The highest BCUT2D eigenvalue weighted by molar-refractivity contribution is 5.78. The van der Waals surface area contributed by atoms with Crippen LogP contribution in [-0.4, -0.2) is 55.7 Å². The Labute approximate surface area is 269 Å². The molecule has 2 aliphatic heterocycles. The number of ether oxygens (including phenoxy) is 3. The minimum atomic E-state index is -0.404. The average molecular weight is 609 g/mol. The van der Waals surface area contributed by atoms with Gasteiger partial charge in [-0.25, -0.2) is 0 Å². The first kappa shape index (κ1) is 32.4. The van der Waals surface area contributed by atoms with Gasteiger partial charge in [-0.3, -0.25) is 9.69 Å². The third-order valence-corrected chi connectivity index (χ3v) is 9.73. The highest BCUT2D eigenvalue weighted by atomic mass is 16.5. The van der Waals surface area contributed by atoms with Crippen molar-refractivity contribution in [2.75, 3.05) is 34.4 Å². The predicted molar refractivity (Wildman–Crippen MR) is 182 cm³/mol. The van der Waals surface area contributed by atoms with E-state index in [0.717, 1.165) is 77.5 Å². The molecule has 0 saturated carbocycles. The lowest BCUT2D eigenvalue weighted by molar-refractivity contribution is -0.139. The first-order valence-electron chi connectivity index (χ1n) is 15.9. The summed E-state index contributed by atoms with van der Waals surface area (Å²) in [4.78, 5) is 19.1. The maximum Gasteiger partial charge on any atom is 0.223 e. The van der Waals surface area contributed by atoms with Crippen LogP contribution >= 0.6 is 0 Å². The van der Waals surface area contributed by atoms with E-state index in [4.69, 9.17) is 14.2 Å². The number of carbonyl (C=O) groups excluding carboxylic acids is 1. The Hall–Kier alpha value is -4.03. The van der Waals surface area contributed by atoms with E-state index in [1.807, 2.05) is 18.2 Å². The van der Waals surface area contributed by atoms with Gasteiger partial charge in [0.05, 0.1) is 26.9 Å². The maximum absolute atomic E-state index is 14.5. The minimum Gasteiger partial charge on any atom is -0.497 e. The molecule has 3 aromatic carbocycles. The molecule has 238 valence electrons. The summed E-state index contributed by atoms with van der Waals surface area (Å²) in [7, 11) is 5.10. The summed E-state index contributed by atoms with van der Waals surface area (Å²) in [5.74, 6) is 2.62. The first-order valence-corrected chi connectivity index (χ1v) is 15.9. The van der Waals surface area contributed by atoms with Gasteiger partial charge in [0.25, 0.3) is 0 Å². The van der Waals surface area contributed by atoms with Gasteiger partial charge in [0, 0.05) is 49.6 Å². The summed E-state index contributed by atoms with van der Waals surface area (Å²) in [6.45, 7) is 13.9. The number of hydrogen-bond donors (Lipinski definition) is 0. The highest BCUT2D eigenvalue weighted by Gasteiger charge is 2.45. The van der Waals surface area contributed by atoms with Crippen LogP contribution in [0.4, 0.5) is 0 Å². The molecule has 6 heteroatoms. The Morgan fingerprint density at radius 2 is 1.51 bits per heavy atom. The first-order chi connectivity index (χ1) is 21.6. The Kier molecular flexibility index (Phi) is 9.73. The predicted octanol–water partition coefficient (Wildman–Crippen LogP) is 7.59. The average Bonchev–Trinajstić information content (AvgIpc) is 3.05. The van der Waals surface area contributed by atoms with Crippen LogP contribution in [-0.2, 0) is 29.7 Å². The molecule has 0 atom stereocenters. The van der Waals surface area contributed by atoms with E-state index < -0.39 is 5.54 Å². The van der Waals surface area contributed by atoms with Crippen LogP contribution in [0.1, 0.15) is 67.9 Å². The number of carbonyl (C=O) groups is 1. The maximum atomic E-state index is 14.5. The SMILES string of the molecule is C=Cc1cc2c(c(OC)c1)C(C)(C)/C=C(\C)C1(CCN(Cc3cc(OC)cc(OC)c3)CC1)N(Cc1ccccc1)C(=O)CC2. The van der Waals surface area contributed by atoms with Crippen LogP contribution in [0.15, 0.2) is 78.9 Å². The van der Waals surface area contributed by atoms with Crippen molar-refractivity contribution in [1.82, 2.24) is 9.80 Å². The van der Waals surface area contributed by atoms with E-state index in [-0.39, 0.29) is 11.3 Å². The van der Waals surface area contributed by atoms with Crippen molar-refractivity contribution in [2.24, 2.45) is 0 Å². The van der Waals surface area contributed by atoms with Gasteiger partial charge in [-0.2, -0.15) is 0 Å². The van der Waals surface area contributed by atoms with Crippen LogP contribution < -0.4 is 14.2 Å². The number of allylic oxidation sites excluding steroid dienone is 1. The van der Waals surface area contributed by atoms with Crippen molar-refractivity contribution in [3.8, 4) is 17.2 Å². The zero-order valence-electron chi connectivity index (χ0n) is 27.8. The fourth-order valence-corrected chi connectivity index (χ4v) is 7.45. The fourth-order valence-electron chi connectivity index (χ4n) is 7.45. The van der Waals surface area contributed by atoms with Gasteiger partial charge in [-0.15, -0.1) is 0 Å². The number of rotatable bonds is 8. The van der Waals surface area contributed by atoms with E-state index in [1.165, 1.54) is 5.57 Å². The number of aryl methyl sites for hydroxylation is 1. The molecule has 3 aromatic rings. The van der Waals surface area contributed by atoms with Crippen LogP contribution in [0.3, 0.4) is 0 Å². The molecular weight excluding hydrogens is 560 g/mol. The van der Waals surface area contributed by atoms with Gasteiger partial charge in [0.15, 0.2) is 0 Å². The summed E-state index contributed by atoms with van der Waals surface area (Å²) < 4.78 is 17.0. The molecule has 1 saturated heterocycles. The second kappa shape index (κ2) is 13.5. The van der Waals surface area contributed by atoms with Crippen molar-refractivity contribution in [2.45, 2.75) is 70.5 Å². The quantitative estimate of drug-likeness (QED) is 0.247. The topological polar surface area (TPSA) is 51.2 Å². The van der Waals surface area contributed by atoms with E-state index in [9.17, 15) is 4.79 Å². The van der Waals surface area contributed by atoms with E-state index >= 15 is 0 Å². The van der Waals surface area contributed by atoms with Crippen LogP contribution in [0.25, 0.3) is 6.08 Å². The molecule has 2 heterocycles. The molecule has 2 aliphatic rings. The van der Waals surface area contributed by atoms with E-state index in [1.54, 1.807) is 21.3 Å². The number of nitrogens with zero attached hydrogens (tertiary/aromatic N) is 2. The van der Waals surface area contributed by atoms with Crippen LogP contribution in [0.5, 0.6) is 17.2 Å². The van der Waals surface area contributed by atoms with Crippen molar-refractivity contribution in [3.63, 3.8) is 0 Å². The Morgan fingerprint density at radius 3 is 2.11 bits per heavy atom. The highest BCUT2D eigenvalue weighted by Crippen LogP contribution is 2.44. The second-order valence-corrected chi connectivity index (χ2v) is 13.0. The molecule has 1 spiro atoms. The van der Waals surface area contributed by atoms with Crippen molar-refractivity contribution in [1.29, 1.82) is 0 Å². The molecule has 1 amide bonds. The van der Waals surface area contributed by atoms with Crippen molar-refractivity contribution < 1.29 is 19.0 Å². The van der Waals surface area contributed by atoms with Gasteiger partial charge in [-0.1, -0.05) is 74.5 Å². The summed E-state index contributed by atoms with van der Waals surface area (Å²) in [5, 5.41) is 0. The molecule has 5 rings (SSSR count). The zero-order valence-corrected chi connectivity index (χ0v) is 27.8. The molecule has 45 heavy (non-hydrogen) atoms. The molecule has 0 N–H and O–H groups in total. The number of methoxy groups -OCH3 is 3. The third-order valence-electron chi connectivity index (χ3n) is 9.73. The Morgan fingerprint density at radius 1 is 0.844 bits per heavy atom. The lowest BCUT2D eigenvalue weighted by Gasteiger charge is -2.51.